The Kier molecular flexibility index (Phi) is 4.14. The Bertz CT molecular complexity index is 600. The zero-order valence-electron chi connectivity index (χ0n) is 11.6. The van der Waals surface area contributed by atoms with Gasteiger partial charge in [0.2, 0.25) is 17.8 Å². The Hall–Kier alpha value is -1.96. The van der Waals surface area contributed by atoms with Crippen LogP contribution in [0.3, 0.4) is 0 Å². The lowest BCUT2D eigenvalue weighted by molar-refractivity contribution is 0.396. The molecule has 1 fully saturated rings. The molecule has 0 atom stereocenters. The number of rotatable bonds is 3. The molecular formula is C13H15BrN6O. The molecule has 0 bridgehead atoms. The fourth-order valence-corrected chi connectivity index (χ4v) is 2.38. The molecule has 2 aromatic rings. The van der Waals surface area contributed by atoms with Gasteiger partial charge in [-0.25, -0.2) is 15.0 Å². The third-order valence-electron chi connectivity index (χ3n) is 3.28. The van der Waals surface area contributed by atoms with Crippen LogP contribution in [0, 0.1) is 0 Å². The van der Waals surface area contributed by atoms with Crippen molar-refractivity contribution in [3.63, 3.8) is 0 Å². The standard InChI is InChI=1S/C13H15BrN6O/c1-21-11-2-3-15-13(18-11)20-6-4-19(5-7-20)12-16-8-10(14)9-17-12/h2-3,8-9H,4-7H2,1H3. The van der Waals surface area contributed by atoms with Crippen LogP contribution < -0.4 is 14.5 Å². The summed E-state index contributed by atoms with van der Waals surface area (Å²) in [6, 6.07) is 1.75. The van der Waals surface area contributed by atoms with E-state index in [2.05, 4.69) is 45.7 Å². The van der Waals surface area contributed by atoms with Gasteiger partial charge in [-0.05, 0) is 15.9 Å². The monoisotopic (exact) mass is 350 g/mol. The summed E-state index contributed by atoms with van der Waals surface area (Å²) < 4.78 is 6.02. The van der Waals surface area contributed by atoms with Crippen molar-refractivity contribution in [2.45, 2.75) is 0 Å². The predicted octanol–water partition coefficient (Wildman–Crippen LogP) is 1.36. The molecule has 0 amide bonds. The SMILES string of the molecule is COc1ccnc(N2CCN(c3ncc(Br)cn3)CC2)n1. The third kappa shape index (κ3) is 3.21. The van der Waals surface area contributed by atoms with E-state index in [-0.39, 0.29) is 0 Å². The van der Waals surface area contributed by atoms with Crippen LogP contribution in [0.15, 0.2) is 29.1 Å². The minimum Gasteiger partial charge on any atom is -0.481 e. The van der Waals surface area contributed by atoms with E-state index in [9.17, 15) is 0 Å². The summed E-state index contributed by atoms with van der Waals surface area (Å²) in [7, 11) is 1.61. The van der Waals surface area contributed by atoms with Gasteiger partial charge in [-0.15, -0.1) is 0 Å². The van der Waals surface area contributed by atoms with Crippen LogP contribution in [0.1, 0.15) is 0 Å². The molecule has 0 aliphatic carbocycles. The lowest BCUT2D eigenvalue weighted by atomic mass is 10.3. The maximum atomic E-state index is 5.13. The van der Waals surface area contributed by atoms with Crippen LogP contribution in [0.2, 0.25) is 0 Å². The molecule has 0 saturated carbocycles. The quantitative estimate of drug-likeness (QED) is 0.827. The largest absolute Gasteiger partial charge is 0.481 e. The number of nitrogens with zero attached hydrogens (tertiary/aromatic N) is 6. The molecule has 110 valence electrons. The van der Waals surface area contributed by atoms with Crippen LogP contribution in [0.5, 0.6) is 5.88 Å². The first-order chi connectivity index (χ1) is 10.3. The molecule has 0 radical (unpaired) electrons. The van der Waals surface area contributed by atoms with Crippen molar-refractivity contribution >= 4 is 27.8 Å². The Balaban J connectivity index is 1.65. The van der Waals surface area contributed by atoms with E-state index < -0.39 is 0 Å². The van der Waals surface area contributed by atoms with Crippen LogP contribution >= 0.6 is 15.9 Å². The average Bonchev–Trinajstić information content (AvgIpc) is 2.56. The lowest BCUT2D eigenvalue weighted by Gasteiger charge is -2.34. The topological polar surface area (TPSA) is 67.3 Å². The molecule has 1 saturated heterocycles. The van der Waals surface area contributed by atoms with Crippen molar-refractivity contribution in [3.8, 4) is 5.88 Å². The maximum Gasteiger partial charge on any atom is 0.228 e. The highest BCUT2D eigenvalue weighted by atomic mass is 79.9. The summed E-state index contributed by atoms with van der Waals surface area (Å²) in [5, 5.41) is 0. The van der Waals surface area contributed by atoms with E-state index in [1.165, 1.54) is 0 Å². The lowest BCUT2D eigenvalue weighted by Crippen LogP contribution is -2.47. The number of ether oxygens (including phenoxy) is 1. The summed E-state index contributed by atoms with van der Waals surface area (Å²) in [4.78, 5) is 21.6. The Morgan fingerprint density at radius 3 is 2.24 bits per heavy atom. The minimum absolute atomic E-state index is 0.582. The normalized spacial score (nSPS) is 15.1. The molecule has 8 heteroatoms. The Morgan fingerprint density at radius 2 is 1.62 bits per heavy atom. The van der Waals surface area contributed by atoms with E-state index in [0.717, 1.165) is 36.6 Å². The summed E-state index contributed by atoms with van der Waals surface area (Å²) in [5.74, 6) is 2.04. The second kappa shape index (κ2) is 6.21. The first-order valence-electron chi connectivity index (χ1n) is 6.61. The fourth-order valence-electron chi connectivity index (χ4n) is 2.17. The maximum absolute atomic E-state index is 5.13. The summed E-state index contributed by atoms with van der Waals surface area (Å²) in [6.07, 6.45) is 5.24. The highest BCUT2D eigenvalue weighted by Crippen LogP contribution is 2.17. The van der Waals surface area contributed by atoms with E-state index in [1.54, 1.807) is 31.8 Å². The van der Waals surface area contributed by atoms with Gasteiger partial charge in [0.15, 0.2) is 0 Å². The van der Waals surface area contributed by atoms with Gasteiger partial charge < -0.3 is 14.5 Å². The molecule has 1 aliphatic rings. The van der Waals surface area contributed by atoms with Crippen LogP contribution in [0.4, 0.5) is 11.9 Å². The smallest absolute Gasteiger partial charge is 0.228 e. The zero-order valence-corrected chi connectivity index (χ0v) is 13.2. The molecule has 0 spiro atoms. The van der Waals surface area contributed by atoms with Gasteiger partial charge in [0, 0.05) is 50.8 Å². The molecule has 0 N–H and O–H groups in total. The Labute approximate surface area is 131 Å². The van der Waals surface area contributed by atoms with Crippen molar-refractivity contribution < 1.29 is 4.74 Å². The number of piperazine rings is 1. The molecule has 7 nitrogen and oxygen atoms in total. The number of hydrogen-bond acceptors (Lipinski definition) is 7. The van der Waals surface area contributed by atoms with E-state index in [0.29, 0.717) is 11.8 Å². The molecular weight excluding hydrogens is 336 g/mol. The van der Waals surface area contributed by atoms with Crippen molar-refractivity contribution in [3.05, 3.63) is 29.1 Å². The highest BCUT2D eigenvalue weighted by Gasteiger charge is 2.20. The van der Waals surface area contributed by atoms with Crippen molar-refractivity contribution in [2.75, 3.05) is 43.1 Å². The summed E-state index contributed by atoms with van der Waals surface area (Å²) in [5.41, 5.74) is 0. The van der Waals surface area contributed by atoms with Crippen molar-refractivity contribution in [1.82, 2.24) is 19.9 Å². The van der Waals surface area contributed by atoms with Gasteiger partial charge in [-0.2, -0.15) is 4.98 Å². The minimum atomic E-state index is 0.582. The number of methoxy groups -OCH3 is 1. The number of halogens is 1. The van der Waals surface area contributed by atoms with E-state index in [1.807, 2.05) is 0 Å². The van der Waals surface area contributed by atoms with Crippen LogP contribution in [-0.4, -0.2) is 53.2 Å². The van der Waals surface area contributed by atoms with Gasteiger partial charge >= 0.3 is 0 Å². The van der Waals surface area contributed by atoms with E-state index >= 15 is 0 Å². The molecule has 0 unspecified atom stereocenters. The molecule has 0 aromatic carbocycles. The van der Waals surface area contributed by atoms with Gasteiger partial charge in [0.1, 0.15) is 0 Å². The first-order valence-corrected chi connectivity index (χ1v) is 7.40. The second-order valence-corrected chi connectivity index (χ2v) is 5.49. The number of hydrogen-bond donors (Lipinski definition) is 0. The van der Waals surface area contributed by atoms with Gasteiger partial charge in [-0.3, -0.25) is 0 Å². The van der Waals surface area contributed by atoms with E-state index in [4.69, 9.17) is 4.74 Å². The summed E-state index contributed by atoms with van der Waals surface area (Å²) in [6.45, 7) is 3.32. The fraction of sp³-hybridized carbons (Fsp3) is 0.385. The molecule has 21 heavy (non-hydrogen) atoms. The Morgan fingerprint density at radius 1 is 1.00 bits per heavy atom. The number of anilines is 2. The van der Waals surface area contributed by atoms with Crippen molar-refractivity contribution in [2.24, 2.45) is 0 Å². The highest BCUT2D eigenvalue weighted by molar-refractivity contribution is 9.10. The number of aromatic nitrogens is 4. The first kappa shape index (κ1) is 14.0. The van der Waals surface area contributed by atoms with Gasteiger partial charge in [0.05, 0.1) is 11.6 Å². The van der Waals surface area contributed by atoms with Crippen LogP contribution in [0.25, 0.3) is 0 Å². The molecule has 1 aliphatic heterocycles. The predicted molar refractivity (Wildman–Crippen MR) is 82.7 cm³/mol. The van der Waals surface area contributed by atoms with Gasteiger partial charge in [-0.1, -0.05) is 0 Å². The summed E-state index contributed by atoms with van der Waals surface area (Å²) >= 11 is 3.34. The van der Waals surface area contributed by atoms with Gasteiger partial charge in [0.25, 0.3) is 0 Å². The molecule has 2 aromatic heterocycles. The second-order valence-electron chi connectivity index (χ2n) is 4.57. The van der Waals surface area contributed by atoms with Crippen molar-refractivity contribution in [1.29, 1.82) is 0 Å². The molecule has 3 heterocycles. The van der Waals surface area contributed by atoms with Crippen LogP contribution in [-0.2, 0) is 0 Å². The third-order valence-corrected chi connectivity index (χ3v) is 3.69. The zero-order chi connectivity index (χ0) is 14.7. The average molecular weight is 351 g/mol. The molecule has 3 rings (SSSR count).